The van der Waals surface area contributed by atoms with Crippen LogP contribution >= 0.6 is 0 Å². The zero-order valence-corrected chi connectivity index (χ0v) is 11.1. The lowest BCUT2D eigenvalue weighted by Crippen LogP contribution is -2.35. The summed E-state index contributed by atoms with van der Waals surface area (Å²) in [4.78, 5) is 0. The van der Waals surface area contributed by atoms with Crippen molar-refractivity contribution < 1.29 is 4.12 Å². The van der Waals surface area contributed by atoms with Crippen LogP contribution < -0.4 is 5.19 Å². The summed E-state index contributed by atoms with van der Waals surface area (Å²) in [7, 11) is -1.50. The van der Waals surface area contributed by atoms with E-state index in [4.69, 9.17) is 4.12 Å². The maximum atomic E-state index is 6.18. The molecule has 0 fully saturated rings. The summed E-state index contributed by atoms with van der Waals surface area (Å²) in [5.74, 6) is 0. The smallest absolute Gasteiger partial charge is 0.205 e. The van der Waals surface area contributed by atoms with Crippen molar-refractivity contribution in [1.29, 1.82) is 0 Å². The molecule has 1 aliphatic rings. The highest BCUT2D eigenvalue weighted by atomic mass is 28.4. The second-order valence-electron chi connectivity index (χ2n) is 3.74. The molecule has 78 valence electrons. The van der Waals surface area contributed by atoms with E-state index in [1.165, 1.54) is 5.19 Å². The number of hydrogen-bond acceptors (Lipinski definition) is 1. The van der Waals surface area contributed by atoms with Crippen LogP contribution in [0.4, 0.5) is 0 Å². The fourth-order valence-corrected chi connectivity index (χ4v) is 6.05. The fraction of sp³-hybridized carbons (Fsp3) is 0.250. The van der Waals surface area contributed by atoms with E-state index in [0.717, 1.165) is 0 Å². The van der Waals surface area contributed by atoms with Gasteiger partial charge in [-0.3, -0.25) is 0 Å². The molecule has 0 saturated heterocycles. The average Bonchev–Trinajstić information content (AvgIpc) is 2.91. The van der Waals surface area contributed by atoms with Crippen LogP contribution in [0.3, 0.4) is 0 Å². The third-order valence-corrected chi connectivity index (χ3v) is 7.58. The molecule has 1 aliphatic carbocycles. The number of hydrogen-bond donors (Lipinski definition) is 0. The van der Waals surface area contributed by atoms with E-state index in [1.54, 1.807) is 0 Å². The van der Waals surface area contributed by atoms with Crippen molar-refractivity contribution >= 4 is 23.3 Å². The van der Waals surface area contributed by atoms with Crippen LogP contribution in [0.25, 0.3) is 0 Å². The molecule has 15 heavy (non-hydrogen) atoms. The van der Waals surface area contributed by atoms with Crippen LogP contribution in [0.15, 0.2) is 48.6 Å². The quantitative estimate of drug-likeness (QED) is 0.571. The van der Waals surface area contributed by atoms with Gasteiger partial charge in [-0.05, 0) is 6.55 Å². The van der Waals surface area contributed by atoms with Crippen molar-refractivity contribution in [3.63, 3.8) is 0 Å². The Morgan fingerprint density at radius 1 is 1.07 bits per heavy atom. The lowest BCUT2D eigenvalue weighted by atomic mass is 10.5. The first-order valence-electron chi connectivity index (χ1n) is 5.19. The Labute approximate surface area is 94.9 Å². The van der Waals surface area contributed by atoms with Gasteiger partial charge in [0.1, 0.15) is 0 Å². The fourth-order valence-electron chi connectivity index (χ4n) is 1.68. The van der Waals surface area contributed by atoms with Gasteiger partial charge in [-0.1, -0.05) is 30.9 Å². The molecule has 0 N–H and O–H groups in total. The normalized spacial score (nSPS) is 16.0. The molecule has 0 amide bonds. The summed E-state index contributed by atoms with van der Waals surface area (Å²) in [6, 6.07) is 8.52. The summed E-state index contributed by atoms with van der Waals surface area (Å²) in [6.45, 7) is 4.49. The second-order valence-corrected chi connectivity index (χ2v) is 8.13. The molecule has 0 saturated carbocycles. The van der Waals surface area contributed by atoms with Crippen molar-refractivity contribution in [3.05, 3.63) is 48.6 Å². The molecule has 1 aromatic rings. The van der Waals surface area contributed by atoms with Crippen molar-refractivity contribution in [3.8, 4) is 0 Å². The van der Waals surface area contributed by atoms with Gasteiger partial charge < -0.3 is 4.12 Å². The lowest BCUT2D eigenvalue weighted by molar-refractivity contribution is 0.602. The standard InChI is InChI=1S/C12H15OSi2/c1-14(11-7-3-4-8-11)13-15(2)12-9-5-6-10-12/h3-11H,1-2H3/q-1. The third kappa shape index (κ3) is 2.62. The summed E-state index contributed by atoms with van der Waals surface area (Å²) >= 11 is 0. The van der Waals surface area contributed by atoms with Gasteiger partial charge in [0.2, 0.25) is 9.04 Å². The van der Waals surface area contributed by atoms with Crippen LogP contribution in [0.5, 0.6) is 0 Å². The van der Waals surface area contributed by atoms with E-state index in [0.29, 0.717) is 5.54 Å². The maximum Gasteiger partial charge on any atom is 0.205 e. The Bertz CT molecular complexity index is 342. The van der Waals surface area contributed by atoms with E-state index in [1.807, 2.05) is 0 Å². The predicted octanol–water partition coefficient (Wildman–Crippen LogP) is 2.37. The van der Waals surface area contributed by atoms with Gasteiger partial charge >= 0.3 is 0 Å². The molecular formula is C12H15OSi2-. The monoisotopic (exact) mass is 231 g/mol. The molecule has 0 heterocycles. The third-order valence-electron chi connectivity index (χ3n) is 2.60. The highest BCUT2D eigenvalue weighted by molar-refractivity contribution is 6.74. The molecule has 1 nitrogen and oxygen atoms in total. The molecule has 0 atom stereocenters. The first-order valence-corrected chi connectivity index (χ1v) is 9.08. The Balaban J connectivity index is 1.91. The molecule has 1 aromatic carbocycles. The topological polar surface area (TPSA) is 9.23 Å². The zero-order valence-electron chi connectivity index (χ0n) is 9.10. The second kappa shape index (κ2) is 4.83. The Morgan fingerprint density at radius 2 is 1.67 bits per heavy atom. The molecule has 0 aromatic heterocycles. The highest BCUT2D eigenvalue weighted by Gasteiger charge is 2.19. The van der Waals surface area contributed by atoms with E-state index < -0.39 is 18.1 Å². The van der Waals surface area contributed by atoms with E-state index in [9.17, 15) is 0 Å². The van der Waals surface area contributed by atoms with E-state index in [2.05, 4.69) is 61.7 Å². The summed E-state index contributed by atoms with van der Waals surface area (Å²) in [6.07, 6.45) is 8.72. The van der Waals surface area contributed by atoms with Crippen LogP contribution in [0.2, 0.25) is 18.6 Å². The molecule has 0 spiro atoms. The minimum atomic E-state index is -0.782. The number of rotatable bonds is 4. The first kappa shape index (κ1) is 10.7. The van der Waals surface area contributed by atoms with Crippen LogP contribution in [0, 0.1) is 0 Å². The van der Waals surface area contributed by atoms with Crippen molar-refractivity contribution in [2.75, 3.05) is 0 Å². The van der Waals surface area contributed by atoms with Crippen LogP contribution in [0.1, 0.15) is 0 Å². The van der Waals surface area contributed by atoms with Gasteiger partial charge in [-0.25, -0.2) is 12.1 Å². The molecule has 0 aliphatic heterocycles. The van der Waals surface area contributed by atoms with E-state index in [-0.39, 0.29) is 0 Å². The summed E-state index contributed by atoms with van der Waals surface area (Å²) in [5, 5.41) is 1.38. The molecule has 2 rings (SSSR count). The average molecular weight is 231 g/mol. The minimum absolute atomic E-state index is 0.560. The van der Waals surface area contributed by atoms with E-state index >= 15 is 0 Å². The Hall–Kier alpha value is -0.776. The maximum absolute atomic E-state index is 6.18. The molecular weight excluding hydrogens is 216 g/mol. The lowest BCUT2D eigenvalue weighted by Gasteiger charge is -2.21. The van der Waals surface area contributed by atoms with Crippen molar-refractivity contribution in [2.24, 2.45) is 0 Å². The van der Waals surface area contributed by atoms with Crippen LogP contribution in [-0.4, -0.2) is 18.1 Å². The SMILES string of the molecule is C[Si](O[Si](C)C1C=CC=C1)[c-]1cccc1. The van der Waals surface area contributed by atoms with Crippen LogP contribution in [-0.2, 0) is 4.12 Å². The zero-order chi connectivity index (χ0) is 10.7. The van der Waals surface area contributed by atoms with Gasteiger partial charge in [0.15, 0.2) is 9.04 Å². The first-order chi connectivity index (χ1) is 7.27. The highest BCUT2D eigenvalue weighted by Crippen LogP contribution is 2.20. The predicted molar refractivity (Wildman–Crippen MR) is 68.0 cm³/mol. The summed E-state index contributed by atoms with van der Waals surface area (Å²) < 4.78 is 6.18. The minimum Gasteiger partial charge on any atom is -0.461 e. The van der Waals surface area contributed by atoms with Gasteiger partial charge in [0, 0.05) is 5.54 Å². The molecule has 2 radical (unpaired) electrons. The number of allylic oxidation sites excluding steroid dienone is 4. The van der Waals surface area contributed by atoms with Gasteiger partial charge in [0.05, 0.1) is 0 Å². The molecule has 3 heteroatoms. The largest absolute Gasteiger partial charge is 0.461 e. The Morgan fingerprint density at radius 3 is 2.27 bits per heavy atom. The molecule has 0 bridgehead atoms. The van der Waals surface area contributed by atoms with Gasteiger partial charge in [-0.15, -0.1) is 5.19 Å². The van der Waals surface area contributed by atoms with Gasteiger partial charge in [0.25, 0.3) is 0 Å². The Kier molecular flexibility index (Phi) is 3.46. The molecule has 0 unspecified atom stereocenters. The van der Waals surface area contributed by atoms with Crippen molar-refractivity contribution in [2.45, 2.75) is 18.6 Å². The summed E-state index contributed by atoms with van der Waals surface area (Å²) in [5.41, 5.74) is 0.560. The van der Waals surface area contributed by atoms with Gasteiger partial charge in [-0.2, -0.15) is 12.1 Å². The van der Waals surface area contributed by atoms with Crippen molar-refractivity contribution in [1.82, 2.24) is 0 Å².